The predicted octanol–water partition coefficient (Wildman–Crippen LogP) is 6.27. The number of thioether (sulfide) groups is 1. The third kappa shape index (κ3) is 7.62. The van der Waals surface area contributed by atoms with E-state index in [0.717, 1.165) is 42.4 Å². The number of benzene rings is 3. The van der Waals surface area contributed by atoms with E-state index in [0.29, 0.717) is 23.7 Å². The van der Waals surface area contributed by atoms with Crippen LogP contribution in [0.5, 0.6) is 0 Å². The van der Waals surface area contributed by atoms with E-state index in [4.69, 9.17) is 11.6 Å². The van der Waals surface area contributed by atoms with Crippen LogP contribution in [0.3, 0.4) is 0 Å². The van der Waals surface area contributed by atoms with E-state index in [1.54, 1.807) is 4.90 Å². The van der Waals surface area contributed by atoms with Crippen LogP contribution in [0.25, 0.3) is 0 Å². The Kier molecular flexibility index (Phi) is 9.88. The van der Waals surface area contributed by atoms with Gasteiger partial charge in [-0.15, -0.1) is 11.8 Å². The summed E-state index contributed by atoms with van der Waals surface area (Å²) in [6, 6.07) is 27.2. The average molecular weight is 521 g/mol. The summed E-state index contributed by atoms with van der Waals surface area (Å²) in [5.74, 6) is 0.812. The van der Waals surface area contributed by atoms with Crippen LogP contribution in [0.15, 0.2) is 84.9 Å². The summed E-state index contributed by atoms with van der Waals surface area (Å²) in [6.45, 7) is 0.391. The van der Waals surface area contributed by atoms with Gasteiger partial charge in [-0.1, -0.05) is 103 Å². The van der Waals surface area contributed by atoms with Crippen molar-refractivity contribution in [3.63, 3.8) is 0 Å². The summed E-state index contributed by atoms with van der Waals surface area (Å²) in [6.07, 6.45) is 4.76. The highest BCUT2D eigenvalue weighted by atomic mass is 35.5. The van der Waals surface area contributed by atoms with E-state index in [1.165, 1.54) is 11.8 Å². The molecule has 0 aromatic heterocycles. The van der Waals surface area contributed by atoms with Gasteiger partial charge in [0.1, 0.15) is 6.04 Å². The molecule has 0 radical (unpaired) electrons. The fourth-order valence-corrected chi connectivity index (χ4v) is 5.84. The summed E-state index contributed by atoms with van der Waals surface area (Å²) in [4.78, 5) is 29.1. The molecule has 3 aromatic rings. The van der Waals surface area contributed by atoms with Crippen LogP contribution in [0.1, 0.15) is 42.4 Å². The molecular weight excluding hydrogens is 488 g/mol. The molecule has 188 valence electrons. The summed E-state index contributed by atoms with van der Waals surface area (Å²) in [7, 11) is 0. The molecule has 1 aliphatic carbocycles. The zero-order valence-corrected chi connectivity index (χ0v) is 22.0. The molecule has 2 amide bonds. The van der Waals surface area contributed by atoms with Gasteiger partial charge in [-0.3, -0.25) is 9.59 Å². The van der Waals surface area contributed by atoms with Crippen LogP contribution in [0.2, 0.25) is 5.02 Å². The molecule has 1 saturated carbocycles. The van der Waals surface area contributed by atoms with Crippen LogP contribution in [0.4, 0.5) is 0 Å². The van der Waals surface area contributed by atoms with Crippen molar-refractivity contribution in [1.29, 1.82) is 0 Å². The first kappa shape index (κ1) is 26.3. The Bertz CT molecular complexity index is 1120. The van der Waals surface area contributed by atoms with E-state index >= 15 is 0 Å². The first-order valence-corrected chi connectivity index (χ1v) is 14.1. The Morgan fingerprint density at radius 1 is 0.889 bits per heavy atom. The Balaban J connectivity index is 1.55. The number of amides is 2. The van der Waals surface area contributed by atoms with E-state index in [2.05, 4.69) is 5.32 Å². The summed E-state index contributed by atoms with van der Waals surface area (Å²) < 4.78 is 0. The van der Waals surface area contributed by atoms with Crippen LogP contribution >= 0.6 is 23.4 Å². The Hall–Kier alpha value is -2.76. The second-order valence-electron chi connectivity index (χ2n) is 9.29. The van der Waals surface area contributed by atoms with Crippen LogP contribution in [-0.2, 0) is 28.3 Å². The van der Waals surface area contributed by atoms with Crippen LogP contribution in [-0.4, -0.2) is 34.6 Å². The predicted molar refractivity (Wildman–Crippen MR) is 149 cm³/mol. The highest BCUT2D eigenvalue weighted by Gasteiger charge is 2.32. The molecule has 0 aliphatic heterocycles. The number of nitrogens with one attached hydrogen (secondary N) is 1. The summed E-state index contributed by atoms with van der Waals surface area (Å²) in [5.41, 5.74) is 3.05. The topological polar surface area (TPSA) is 49.4 Å². The molecule has 4 nitrogen and oxygen atoms in total. The van der Waals surface area contributed by atoms with Gasteiger partial charge < -0.3 is 10.2 Å². The summed E-state index contributed by atoms with van der Waals surface area (Å²) >= 11 is 7.84. The van der Waals surface area contributed by atoms with Crippen molar-refractivity contribution in [3.05, 3.63) is 107 Å². The van der Waals surface area contributed by atoms with Gasteiger partial charge in [0.2, 0.25) is 11.8 Å². The fourth-order valence-electron chi connectivity index (χ4n) is 4.65. The molecule has 0 bridgehead atoms. The first-order chi connectivity index (χ1) is 17.6. The lowest BCUT2D eigenvalue weighted by Crippen LogP contribution is -2.52. The number of rotatable bonds is 11. The zero-order chi connectivity index (χ0) is 25.2. The molecule has 0 saturated heterocycles. The number of hydrogen-bond donors (Lipinski definition) is 1. The zero-order valence-electron chi connectivity index (χ0n) is 20.4. The summed E-state index contributed by atoms with van der Waals surface area (Å²) in [5, 5.41) is 3.96. The van der Waals surface area contributed by atoms with Gasteiger partial charge in [0.05, 0.1) is 5.75 Å². The normalized spacial score (nSPS) is 14.4. The lowest BCUT2D eigenvalue weighted by molar-refractivity contribution is -0.139. The molecule has 6 heteroatoms. The SMILES string of the molecule is O=C(NC1CCCC1)[C@H](Cc1ccccc1)N(Cc1ccccc1)C(=O)CSCc1ccccc1Cl. The Labute approximate surface area is 223 Å². The van der Waals surface area contributed by atoms with E-state index in [9.17, 15) is 9.59 Å². The molecular formula is C30H33ClN2O2S. The van der Waals surface area contributed by atoms with Gasteiger partial charge in [-0.25, -0.2) is 0 Å². The molecule has 1 fully saturated rings. The van der Waals surface area contributed by atoms with Crippen LogP contribution in [0, 0.1) is 0 Å². The lowest BCUT2D eigenvalue weighted by atomic mass is 10.0. The Morgan fingerprint density at radius 3 is 2.17 bits per heavy atom. The molecule has 0 unspecified atom stereocenters. The molecule has 0 spiro atoms. The maximum Gasteiger partial charge on any atom is 0.243 e. The highest BCUT2D eigenvalue weighted by molar-refractivity contribution is 7.99. The number of hydrogen-bond acceptors (Lipinski definition) is 3. The lowest BCUT2D eigenvalue weighted by Gasteiger charge is -2.32. The molecule has 1 atom stereocenters. The number of carbonyl (C=O) groups excluding carboxylic acids is 2. The minimum absolute atomic E-state index is 0.0431. The second-order valence-corrected chi connectivity index (χ2v) is 10.7. The fraction of sp³-hybridized carbons (Fsp3) is 0.333. The average Bonchev–Trinajstić information content (AvgIpc) is 3.41. The molecule has 1 aliphatic rings. The van der Waals surface area contributed by atoms with Crippen molar-refractivity contribution in [2.45, 2.75) is 56.5 Å². The molecule has 3 aromatic carbocycles. The van der Waals surface area contributed by atoms with Gasteiger partial charge >= 0.3 is 0 Å². The quantitative estimate of drug-likeness (QED) is 0.324. The minimum atomic E-state index is -0.582. The van der Waals surface area contributed by atoms with Crippen molar-refractivity contribution in [1.82, 2.24) is 10.2 Å². The maximum absolute atomic E-state index is 13.7. The van der Waals surface area contributed by atoms with Crippen LogP contribution < -0.4 is 5.32 Å². The third-order valence-corrected chi connectivity index (χ3v) is 7.94. The number of halogens is 1. The van der Waals surface area contributed by atoms with Gasteiger partial charge in [-0.05, 0) is 35.6 Å². The van der Waals surface area contributed by atoms with Crippen molar-refractivity contribution >= 4 is 35.2 Å². The standard InChI is InChI=1S/C30H33ClN2O2S/c31-27-18-10-7-15-25(27)21-36-22-29(34)33(20-24-13-5-2-6-14-24)28(19-23-11-3-1-4-12-23)30(35)32-26-16-8-9-17-26/h1-7,10-15,18,26,28H,8-9,16-17,19-22H2,(H,32,35)/t28-/m0/s1. The molecule has 1 N–H and O–H groups in total. The van der Waals surface area contributed by atoms with E-state index in [1.807, 2.05) is 84.9 Å². The first-order valence-electron chi connectivity index (χ1n) is 12.6. The van der Waals surface area contributed by atoms with Crippen molar-refractivity contribution in [2.24, 2.45) is 0 Å². The van der Waals surface area contributed by atoms with Crippen molar-refractivity contribution in [3.8, 4) is 0 Å². The highest BCUT2D eigenvalue weighted by Crippen LogP contribution is 2.23. The van der Waals surface area contributed by atoms with Crippen molar-refractivity contribution in [2.75, 3.05) is 5.75 Å². The second kappa shape index (κ2) is 13.5. The Morgan fingerprint density at radius 2 is 1.50 bits per heavy atom. The van der Waals surface area contributed by atoms with Crippen molar-refractivity contribution < 1.29 is 9.59 Å². The number of nitrogens with zero attached hydrogens (tertiary/aromatic N) is 1. The largest absolute Gasteiger partial charge is 0.352 e. The monoisotopic (exact) mass is 520 g/mol. The third-order valence-electron chi connectivity index (χ3n) is 6.61. The maximum atomic E-state index is 13.7. The minimum Gasteiger partial charge on any atom is -0.352 e. The van der Waals surface area contributed by atoms with Gasteiger partial charge in [0.15, 0.2) is 0 Å². The van der Waals surface area contributed by atoms with E-state index < -0.39 is 6.04 Å². The van der Waals surface area contributed by atoms with E-state index in [-0.39, 0.29) is 23.6 Å². The number of carbonyl (C=O) groups is 2. The smallest absolute Gasteiger partial charge is 0.243 e. The van der Waals surface area contributed by atoms with Gasteiger partial charge in [-0.2, -0.15) is 0 Å². The van der Waals surface area contributed by atoms with Gasteiger partial charge in [0, 0.05) is 29.8 Å². The molecule has 4 rings (SSSR count). The molecule has 36 heavy (non-hydrogen) atoms. The van der Waals surface area contributed by atoms with Gasteiger partial charge in [0.25, 0.3) is 0 Å². The molecule has 0 heterocycles.